The third-order valence-corrected chi connectivity index (χ3v) is 4.80. The maximum absolute atomic E-state index is 12.0. The van der Waals surface area contributed by atoms with Crippen molar-refractivity contribution >= 4 is 21.8 Å². The van der Waals surface area contributed by atoms with Gasteiger partial charge in [0.05, 0.1) is 17.6 Å². The van der Waals surface area contributed by atoms with Gasteiger partial charge in [0, 0.05) is 12.3 Å². The summed E-state index contributed by atoms with van der Waals surface area (Å²) in [6.07, 6.45) is 1.85. The lowest BCUT2D eigenvalue weighted by molar-refractivity contribution is 0.0908. The van der Waals surface area contributed by atoms with Crippen LogP contribution >= 0.6 is 11.8 Å². The first-order valence-electron chi connectivity index (χ1n) is 5.66. The molecule has 0 saturated carbocycles. The van der Waals surface area contributed by atoms with Gasteiger partial charge in [0.25, 0.3) is 0 Å². The van der Waals surface area contributed by atoms with Crippen molar-refractivity contribution < 1.29 is 18.3 Å². The second kappa shape index (κ2) is 6.60. The minimum Gasteiger partial charge on any atom is -0.497 e. The van der Waals surface area contributed by atoms with Crippen LogP contribution in [0.4, 0.5) is 0 Å². The van der Waals surface area contributed by atoms with Gasteiger partial charge in [0.2, 0.25) is 10.0 Å². The third-order valence-electron chi connectivity index (χ3n) is 2.47. The van der Waals surface area contributed by atoms with E-state index in [0.29, 0.717) is 11.5 Å². The molecule has 2 N–H and O–H groups in total. The first-order chi connectivity index (χ1) is 8.80. The molecule has 0 fully saturated rings. The number of benzene rings is 1. The Morgan fingerprint density at radius 1 is 1.37 bits per heavy atom. The zero-order valence-electron chi connectivity index (χ0n) is 11.2. The minimum atomic E-state index is -3.61. The first kappa shape index (κ1) is 16.3. The van der Waals surface area contributed by atoms with E-state index >= 15 is 0 Å². The normalized spacial score (nSPS) is 14.9. The standard InChI is InChI=1S/C12H19NO4S2/c1-12(14,9-18-3)8-13-19(15,16)11-6-4-10(17-2)5-7-11/h4-7,13-14H,8-9H2,1-3H3/t12-/m0/s1. The molecule has 0 radical (unpaired) electrons. The van der Waals surface area contributed by atoms with Crippen LogP contribution in [0.25, 0.3) is 0 Å². The number of thioether (sulfide) groups is 1. The number of methoxy groups -OCH3 is 1. The van der Waals surface area contributed by atoms with Crippen LogP contribution in [-0.2, 0) is 10.0 Å². The molecule has 19 heavy (non-hydrogen) atoms. The predicted octanol–water partition coefficient (Wildman–Crippen LogP) is 1.09. The van der Waals surface area contributed by atoms with Gasteiger partial charge in [-0.15, -0.1) is 0 Å². The molecule has 0 bridgehead atoms. The molecular weight excluding hydrogens is 286 g/mol. The van der Waals surface area contributed by atoms with Crippen molar-refractivity contribution in [2.75, 3.05) is 25.7 Å². The lowest BCUT2D eigenvalue weighted by atomic mass is 10.1. The van der Waals surface area contributed by atoms with Crippen LogP contribution in [0, 0.1) is 0 Å². The fourth-order valence-corrected chi connectivity index (χ4v) is 3.34. The number of hydrogen-bond acceptors (Lipinski definition) is 5. The second-order valence-electron chi connectivity index (χ2n) is 4.43. The van der Waals surface area contributed by atoms with Gasteiger partial charge in [-0.05, 0) is 37.4 Å². The molecule has 1 aromatic rings. The lowest BCUT2D eigenvalue weighted by Gasteiger charge is -2.22. The molecule has 0 heterocycles. The maximum atomic E-state index is 12.0. The van der Waals surface area contributed by atoms with Crippen molar-refractivity contribution in [2.45, 2.75) is 17.4 Å². The van der Waals surface area contributed by atoms with Crippen LogP contribution in [0.5, 0.6) is 5.75 Å². The van der Waals surface area contributed by atoms with Crippen LogP contribution in [0.15, 0.2) is 29.2 Å². The van der Waals surface area contributed by atoms with Crippen LogP contribution < -0.4 is 9.46 Å². The summed E-state index contributed by atoms with van der Waals surface area (Å²) in [6, 6.07) is 6.08. The molecule has 1 atom stereocenters. The van der Waals surface area contributed by atoms with Crippen molar-refractivity contribution in [3.63, 3.8) is 0 Å². The molecule has 5 nitrogen and oxygen atoms in total. The van der Waals surface area contributed by atoms with Crippen molar-refractivity contribution in [2.24, 2.45) is 0 Å². The highest BCUT2D eigenvalue weighted by atomic mass is 32.2. The Kier molecular flexibility index (Phi) is 5.66. The lowest BCUT2D eigenvalue weighted by Crippen LogP contribution is -2.42. The van der Waals surface area contributed by atoms with Gasteiger partial charge >= 0.3 is 0 Å². The van der Waals surface area contributed by atoms with E-state index < -0.39 is 15.6 Å². The molecule has 0 spiro atoms. The highest BCUT2D eigenvalue weighted by Gasteiger charge is 2.23. The van der Waals surface area contributed by atoms with Crippen LogP contribution in [0.3, 0.4) is 0 Å². The van der Waals surface area contributed by atoms with Crippen LogP contribution in [0.1, 0.15) is 6.92 Å². The number of nitrogens with one attached hydrogen (secondary N) is 1. The number of hydrogen-bond donors (Lipinski definition) is 2. The Balaban J connectivity index is 2.75. The molecule has 0 aliphatic heterocycles. The maximum Gasteiger partial charge on any atom is 0.240 e. The average Bonchev–Trinajstić information content (AvgIpc) is 2.37. The molecule has 0 aliphatic carbocycles. The largest absolute Gasteiger partial charge is 0.497 e. The van der Waals surface area contributed by atoms with E-state index in [1.165, 1.54) is 31.0 Å². The summed E-state index contributed by atoms with van der Waals surface area (Å²) in [5.41, 5.74) is -1.07. The number of ether oxygens (including phenoxy) is 1. The smallest absolute Gasteiger partial charge is 0.240 e. The molecule has 108 valence electrons. The first-order valence-corrected chi connectivity index (χ1v) is 8.53. The zero-order valence-corrected chi connectivity index (χ0v) is 12.8. The van der Waals surface area contributed by atoms with Gasteiger partial charge in [-0.2, -0.15) is 11.8 Å². The van der Waals surface area contributed by atoms with E-state index in [-0.39, 0.29) is 11.4 Å². The monoisotopic (exact) mass is 305 g/mol. The van der Waals surface area contributed by atoms with E-state index in [1.54, 1.807) is 19.1 Å². The molecule has 0 aliphatic rings. The van der Waals surface area contributed by atoms with Crippen LogP contribution in [0.2, 0.25) is 0 Å². The van der Waals surface area contributed by atoms with Gasteiger partial charge in [-0.25, -0.2) is 13.1 Å². The Morgan fingerprint density at radius 2 is 1.95 bits per heavy atom. The third kappa shape index (κ3) is 5.02. The van der Waals surface area contributed by atoms with E-state index in [1.807, 2.05) is 6.26 Å². The highest BCUT2D eigenvalue weighted by molar-refractivity contribution is 7.98. The molecule has 0 amide bonds. The fourth-order valence-electron chi connectivity index (χ4n) is 1.45. The predicted molar refractivity (Wildman–Crippen MR) is 77.2 cm³/mol. The summed E-state index contributed by atoms with van der Waals surface area (Å²) >= 11 is 1.46. The highest BCUT2D eigenvalue weighted by Crippen LogP contribution is 2.16. The number of rotatable bonds is 7. The summed E-state index contributed by atoms with van der Waals surface area (Å²) < 4.78 is 31.4. The molecule has 1 aromatic carbocycles. The Bertz CT molecular complexity index is 497. The summed E-state index contributed by atoms with van der Waals surface area (Å²) in [4.78, 5) is 0.147. The van der Waals surface area contributed by atoms with Crippen molar-refractivity contribution in [1.29, 1.82) is 0 Å². The van der Waals surface area contributed by atoms with Crippen molar-refractivity contribution in [3.05, 3.63) is 24.3 Å². The zero-order chi connectivity index (χ0) is 14.5. The Labute approximate surface area is 118 Å². The van der Waals surface area contributed by atoms with Crippen molar-refractivity contribution in [1.82, 2.24) is 4.72 Å². The van der Waals surface area contributed by atoms with Gasteiger partial charge in [-0.3, -0.25) is 0 Å². The average molecular weight is 305 g/mol. The summed E-state index contributed by atoms with van der Waals surface area (Å²) in [5.74, 6) is 1.05. The SMILES string of the molecule is COc1ccc(S(=O)(=O)NC[C@](C)(O)CSC)cc1. The molecule has 0 aromatic heterocycles. The quantitative estimate of drug-likeness (QED) is 0.788. The summed E-state index contributed by atoms with van der Waals surface area (Å²) in [5, 5.41) is 9.94. The van der Waals surface area contributed by atoms with E-state index in [4.69, 9.17) is 4.74 Å². The number of sulfonamides is 1. The van der Waals surface area contributed by atoms with Gasteiger partial charge in [0.15, 0.2) is 0 Å². The van der Waals surface area contributed by atoms with E-state index in [9.17, 15) is 13.5 Å². The molecule has 0 saturated heterocycles. The molecule has 1 rings (SSSR count). The van der Waals surface area contributed by atoms with Crippen LogP contribution in [-0.4, -0.2) is 44.8 Å². The topological polar surface area (TPSA) is 75.6 Å². The van der Waals surface area contributed by atoms with E-state index in [0.717, 1.165) is 0 Å². The Morgan fingerprint density at radius 3 is 2.42 bits per heavy atom. The summed E-state index contributed by atoms with van der Waals surface area (Å²) in [7, 11) is -2.10. The van der Waals surface area contributed by atoms with Gasteiger partial charge < -0.3 is 9.84 Å². The van der Waals surface area contributed by atoms with E-state index in [2.05, 4.69) is 4.72 Å². The molecule has 0 unspecified atom stereocenters. The van der Waals surface area contributed by atoms with Crippen molar-refractivity contribution in [3.8, 4) is 5.75 Å². The van der Waals surface area contributed by atoms with Gasteiger partial charge in [-0.1, -0.05) is 0 Å². The molecule has 7 heteroatoms. The minimum absolute atomic E-state index is 0.0256. The second-order valence-corrected chi connectivity index (χ2v) is 7.06. The summed E-state index contributed by atoms with van der Waals surface area (Å²) in [6.45, 7) is 1.57. The molecular formula is C12H19NO4S2. The fraction of sp³-hybridized carbons (Fsp3) is 0.500. The Hall–Kier alpha value is -0.760. The number of aliphatic hydroxyl groups is 1. The van der Waals surface area contributed by atoms with Gasteiger partial charge in [0.1, 0.15) is 5.75 Å².